The third kappa shape index (κ3) is 1.81. The summed E-state index contributed by atoms with van der Waals surface area (Å²) in [5, 5.41) is 7.19. The molecule has 0 spiro atoms. The molecule has 66 valence electrons. The fraction of sp³-hybridized carbons (Fsp3) is 0.571. The maximum absolute atomic E-state index is 5.08. The topological polar surface area (TPSA) is 57.1 Å². The summed E-state index contributed by atoms with van der Waals surface area (Å²) in [6, 6.07) is 0. The van der Waals surface area contributed by atoms with Gasteiger partial charge in [-0.25, -0.2) is 0 Å². The summed E-state index contributed by atoms with van der Waals surface area (Å²) in [5.41, 5.74) is 0. The minimum absolute atomic E-state index is 0.383. The maximum atomic E-state index is 5.08. The van der Waals surface area contributed by atoms with Gasteiger partial charge in [0, 0.05) is 0 Å². The van der Waals surface area contributed by atoms with Crippen LogP contribution in [0.25, 0.3) is 0 Å². The summed E-state index contributed by atoms with van der Waals surface area (Å²) in [7, 11) is 0. The molecule has 0 saturated carbocycles. The molecule has 0 unspecified atom stereocenters. The van der Waals surface area contributed by atoms with Gasteiger partial charge in [-0.2, -0.15) is 4.98 Å². The number of hydrogen-bond acceptors (Lipinski definition) is 5. The van der Waals surface area contributed by atoms with Crippen molar-refractivity contribution in [3.05, 3.63) is 6.33 Å². The molecule has 12 heavy (non-hydrogen) atoms. The second kappa shape index (κ2) is 4.48. The van der Waals surface area contributed by atoms with E-state index in [1.54, 1.807) is 0 Å². The third-order valence-electron chi connectivity index (χ3n) is 1.12. The lowest BCUT2D eigenvalue weighted by atomic mass is 10.6. The number of ether oxygens (including phenoxy) is 2. The first-order chi connectivity index (χ1) is 5.97. The van der Waals surface area contributed by atoms with E-state index in [1.807, 2.05) is 13.8 Å². The van der Waals surface area contributed by atoms with Crippen LogP contribution >= 0.6 is 0 Å². The summed E-state index contributed by atoms with van der Waals surface area (Å²) in [6.07, 6.45) is 1.33. The highest BCUT2D eigenvalue weighted by molar-refractivity contribution is 5.23. The van der Waals surface area contributed by atoms with Gasteiger partial charge in [-0.3, -0.25) is 0 Å². The molecule has 0 N–H and O–H groups in total. The van der Waals surface area contributed by atoms with Gasteiger partial charge in [-0.1, -0.05) is 13.8 Å². The van der Waals surface area contributed by atoms with E-state index >= 15 is 0 Å². The zero-order chi connectivity index (χ0) is 8.81. The Bertz CT molecular complexity index is 217. The standard InChI is InChI=1S/C5H5N3O2.C2H6/c1-2-10-5-4(9-1)6-3-7-8-5;1-2/h3H,1-2H2;1-2H3. The fourth-order valence-corrected chi connectivity index (χ4v) is 0.721. The molecule has 0 aromatic carbocycles. The Hall–Kier alpha value is -1.39. The molecular weight excluding hydrogens is 158 g/mol. The van der Waals surface area contributed by atoms with E-state index < -0.39 is 0 Å². The molecule has 2 heterocycles. The molecule has 0 amide bonds. The van der Waals surface area contributed by atoms with Gasteiger partial charge in [0.1, 0.15) is 19.5 Å². The Morgan fingerprint density at radius 3 is 2.50 bits per heavy atom. The van der Waals surface area contributed by atoms with E-state index in [1.165, 1.54) is 6.33 Å². The summed E-state index contributed by atoms with van der Waals surface area (Å²) >= 11 is 0. The molecule has 0 atom stereocenters. The molecule has 0 aliphatic carbocycles. The highest BCUT2D eigenvalue weighted by Crippen LogP contribution is 2.21. The third-order valence-corrected chi connectivity index (χ3v) is 1.12. The molecule has 0 bridgehead atoms. The zero-order valence-electron chi connectivity index (χ0n) is 7.15. The molecule has 1 aromatic heterocycles. The van der Waals surface area contributed by atoms with Gasteiger partial charge in [0.2, 0.25) is 0 Å². The quantitative estimate of drug-likeness (QED) is 0.571. The molecule has 0 saturated heterocycles. The van der Waals surface area contributed by atoms with Crippen molar-refractivity contribution in [2.75, 3.05) is 13.2 Å². The van der Waals surface area contributed by atoms with Crippen LogP contribution in [0.5, 0.6) is 11.8 Å². The highest BCUT2D eigenvalue weighted by Gasteiger charge is 2.12. The number of nitrogens with zero attached hydrogens (tertiary/aromatic N) is 3. The van der Waals surface area contributed by atoms with E-state index in [4.69, 9.17) is 9.47 Å². The fourth-order valence-electron chi connectivity index (χ4n) is 0.721. The van der Waals surface area contributed by atoms with Gasteiger partial charge < -0.3 is 9.47 Å². The van der Waals surface area contributed by atoms with E-state index in [2.05, 4.69) is 15.2 Å². The van der Waals surface area contributed by atoms with Crippen molar-refractivity contribution in [3.8, 4) is 11.8 Å². The second-order valence-electron chi connectivity index (χ2n) is 1.77. The molecule has 0 radical (unpaired) electrons. The van der Waals surface area contributed by atoms with Crippen molar-refractivity contribution in [3.63, 3.8) is 0 Å². The zero-order valence-corrected chi connectivity index (χ0v) is 7.15. The Kier molecular flexibility index (Phi) is 3.25. The Morgan fingerprint density at radius 1 is 1.17 bits per heavy atom. The first kappa shape index (κ1) is 8.70. The summed E-state index contributed by atoms with van der Waals surface area (Å²) in [6.45, 7) is 5.05. The van der Waals surface area contributed by atoms with Crippen LogP contribution in [-0.4, -0.2) is 28.4 Å². The van der Waals surface area contributed by atoms with Crippen molar-refractivity contribution in [2.24, 2.45) is 0 Å². The van der Waals surface area contributed by atoms with Crippen molar-refractivity contribution in [1.82, 2.24) is 15.2 Å². The van der Waals surface area contributed by atoms with Crippen molar-refractivity contribution in [2.45, 2.75) is 13.8 Å². The largest absolute Gasteiger partial charge is 0.470 e. The number of hydrogen-bond donors (Lipinski definition) is 0. The van der Waals surface area contributed by atoms with Gasteiger partial charge >= 0.3 is 0 Å². The van der Waals surface area contributed by atoms with E-state index in [9.17, 15) is 0 Å². The predicted molar refractivity (Wildman–Crippen MR) is 42.2 cm³/mol. The van der Waals surface area contributed by atoms with Crippen LogP contribution in [0.3, 0.4) is 0 Å². The SMILES string of the molecule is CC.c1nnc2c(n1)OCCO2. The van der Waals surface area contributed by atoms with Gasteiger partial charge in [0.05, 0.1) is 0 Å². The molecule has 1 aromatic rings. The van der Waals surface area contributed by atoms with Crippen LogP contribution in [0.4, 0.5) is 0 Å². The Morgan fingerprint density at radius 2 is 1.83 bits per heavy atom. The minimum Gasteiger partial charge on any atom is -0.470 e. The van der Waals surface area contributed by atoms with Crippen LogP contribution in [0.2, 0.25) is 0 Å². The molecule has 0 fully saturated rings. The number of rotatable bonds is 0. The summed E-state index contributed by atoms with van der Waals surface area (Å²) < 4.78 is 10.1. The molecule has 1 aliphatic rings. The lowest BCUT2D eigenvalue weighted by Gasteiger charge is -2.13. The highest BCUT2D eigenvalue weighted by atomic mass is 16.6. The van der Waals surface area contributed by atoms with Gasteiger partial charge in [0.15, 0.2) is 0 Å². The van der Waals surface area contributed by atoms with Crippen molar-refractivity contribution in [1.29, 1.82) is 0 Å². The monoisotopic (exact) mass is 169 g/mol. The lowest BCUT2D eigenvalue weighted by molar-refractivity contribution is 0.154. The van der Waals surface area contributed by atoms with Gasteiger partial charge in [-0.05, 0) is 0 Å². The molecule has 2 rings (SSSR count). The van der Waals surface area contributed by atoms with Crippen molar-refractivity contribution >= 4 is 0 Å². The van der Waals surface area contributed by atoms with Gasteiger partial charge in [0.25, 0.3) is 11.8 Å². The first-order valence-electron chi connectivity index (χ1n) is 3.90. The van der Waals surface area contributed by atoms with Crippen molar-refractivity contribution < 1.29 is 9.47 Å². The smallest absolute Gasteiger partial charge is 0.297 e. The second-order valence-corrected chi connectivity index (χ2v) is 1.77. The average Bonchev–Trinajstić information content (AvgIpc) is 2.21. The Balaban J connectivity index is 0.000000336. The lowest BCUT2D eigenvalue weighted by Crippen LogP contribution is -2.17. The van der Waals surface area contributed by atoms with E-state index in [-0.39, 0.29) is 0 Å². The van der Waals surface area contributed by atoms with E-state index in [0.717, 1.165) is 0 Å². The molecule has 1 aliphatic heterocycles. The predicted octanol–water partition coefficient (Wildman–Crippen LogP) is 0.669. The number of fused-ring (bicyclic) bond motifs is 1. The maximum Gasteiger partial charge on any atom is 0.297 e. The number of aromatic nitrogens is 3. The van der Waals surface area contributed by atoms with E-state index in [0.29, 0.717) is 25.0 Å². The molecular formula is C7H11N3O2. The first-order valence-corrected chi connectivity index (χ1v) is 3.90. The molecule has 5 heteroatoms. The van der Waals surface area contributed by atoms with Gasteiger partial charge in [-0.15, -0.1) is 10.2 Å². The molecule has 5 nitrogen and oxygen atoms in total. The Labute approximate surface area is 70.7 Å². The summed E-state index contributed by atoms with van der Waals surface area (Å²) in [4.78, 5) is 3.80. The average molecular weight is 169 g/mol. The van der Waals surface area contributed by atoms with Crippen LogP contribution < -0.4 is 9.47 Å². The van der Waals surface area contributed by atoms with Crippen LogP contribution in [0, 0.1) is 0 Å². The van der Waals surface area contributed by atoms with Crippen LogP contribution in [0.1, 0.15) is 13.8 Å². The van der Waals surface area contributed by atoms with Crippen LogP contribution in [0.15, 0.2) is 6.33 Å². The minimum atomic E-state index is 0.383. The van der Waals surface area contributed by atoms with Crippen LogP contribution in [-0.2, 0) is 0 Å². The normalized spacial score (nSPS) is 12.8. The summed E-state index contributed by atoms with van der Waals surface area (Å²) in [5.74, 6) is 0.815.